The largest absolute Gasteiger partial charge is 0.307 e. The highest BCUT2D eigenvalue weighted by Gasteiger charge is 2.22. The second-order valence-electron chi connectivity index (χ2n) is 15.4. The van der Waals surface area contributed by atoms with Gasteiger partial charge in [-0.3, -0.25) is 0 Å². The van der Waals surface area contributed by atoms with Crippen LogP contribution < -0.4 is 0 Å². The molecule has 2 unspecified atom stereocenters. The smallest absolute Gasteiger partial charge is 0.0788 e. The summed E-state index contributed by atoms with van der Waals surface area (Å²) in [5, 5.41) is 4.98. The van der Waals surface area contributed by atoms with Crippen molar-refractivity contribution in [1.29, 1.82) is 0 Å². The predicted octanol–water partition coefficient (Wildman–Crippen LogP) is 14.7. The molecule has 2 aromatic heterocycles. The van der Waals surface area contributed by atoms with Crippen molar-refractivity contribution < 1.29 is 0 Å². The SMILES string of the molecule is CC1C=CC=CC1c1ccc(-c2cc(-c3ccc(-c4ccccc4)cc3)cc(-n3c4ccccc4c4ccc5c6ccccc6n(-c6ccccc6)c5c43)c2)cc1. The number of allylic oxidation sites excluding steroid dienone is 4. The highest BCUT2D eigenvalue weighted by atomic mass is 15.0. The average molecular weight is 729 g/mol. The maximum Gasteiger partial charge on any atom is 0.0788 e. The highest BCUT2D eigenvalue weighted by Crippen LogP contribution is 2.43. The third-order valence-corrected chi connectivity index (χ3v) is 12.0. The van der Waals surface area contributed by atoms with E-state index < -0.39 is 0 Å². The van der Waals surface area contributed by atoms with Crippen LogP contribution >= 0.6 is 0 Å². The van der Waals surface area contributed by atoms with E-state index in [1.165, 1.54) is 82.6 Å². The Hall–Kier alpha value is -7.16. The Balaban J connectivity index is 1.18. The van der Waals surface area contributed by atoms with Gasteiger partial charge in [-0.15, -0.1) is 0 Å². The van der Waals surface area contributed by atoms with Gasteiger partial charge < -0.3 is 9.13 Å². The fourth-order valence-electron chi connectivity index (χ4n) is 9.20. The Labute approximate surface area is 332 Å². The van der Waals surface area contributed by atoms with E-state index >= 15 is 0 Å². The summed E-state index contributed by atoms with van der Waals surface area (Å²) in [6.07, 6.45) is 8.97. The standard InChI is InChI=1S/C55H40N2/c1-37-14-8-9-19-47(37)42-30-28-41(29-31-42)44-34-43(40-26-24-39(25-27-40)38-15-4-2-5-16-38)35-46(36-44)57-53-23-13-11-21-49(53)51-33-32-50-48-20-10-12-22-52(48)56(54(50)55(51)57)45-17-6-3-7-18-45/h2-37,47H,1H3. The van der Waals surface area contributed by atoms with Crippen LogP contribution in [0, 0.1) is 5.92 Å². The Morgan fingerprint density at radius 2 is 0.807 bits per heavy atom. The molecule has 0 saturated heterocycles. The van der Waals surface area contributed by atoms with Crippen LogP contribution in [0.3, 0.4) is 0 Å². The molecule has 2 heterocycles. The minimum atomic E-state index is 0.380. The number of hydrogen-bond acceptors (Lipinski definition) is 0. The molecule has 10 aromatic rings. The second-order valence-corrected chi connectivity index (χ2v) is 15.4. The molecule has 8 aromatic carbocycles. The molecule has 2 atom stereocenters. The van der Waals surface area contributed by atoms with E-state index in [1.54, 1.807) is 0 Å². The first kappa shape index (κ1) is 33.2. The molecule has 11 rings (SSSR count). The van der Waals surface area contributed by atoms with Gasteiger partial charge in [0.05, 0.1) is 22.1 Å². The zero-order valence-electron chi connectivity index (χ0n) is 31.8. The zero-order valence-corrected chi connectivity index (χ0v) is 31.8. The lowest BCUT2D eigenvalue weighted by Gasteiger charge is -2.21. The minimum Gasteiger partial charge on any atom is -0.307 e. The number of rotatable bonds is 6. The van der Waals surface area contributed by atoms with Crippen LogP contribution in [0.4, 0.5) is 0 Å². The fourth-order valence-corrected chi connectivity index (χ4v) is 9.20. The lowest BCUT2D eigenvalue weighted by atomic mass is 9.84. The molecule has 0 bridgehead atoms. The monoisotopic (exact) mass is 728 g/mol. The Kier molecular flexibility index (Phi) is 7.89. The molecule has 0 N–H and O–H groups in total. The van der Waals surface area contributed by atoms with Gasteiger partial charge in [-0.2, -0.15) is 0 Å². The number of benzene rings is 8. The molecule has 2 heteroatoms. The molecule has 0 saturated carbocycles. The van der Waals surface area contributed by atoms with Gasteiger partial charge in [0.25, 0.3) is 0 Å². The fraction of sp³-hybridized carbons (Fsp3) is 0.0545. The van der Waals surface area contributed by atoms with Crippen molar-refractivity contribution in [2.75, 3.05) is 0 Å². The van der Waals surface area contributed by atoms with Crippen molar-refractivity contribution in [3.63, 3.8) is 0 Å². The number of nitrogens with zero attached hydrogens (tertiary/aromatic N) is 2. The molecule has 0 aliphatic heterocycles. The first-order valence-electron chi connectivity index (χ1n) is 20.0. The summed E-state index contributed by atoms with van der Waals surface area (Å²) in [5.74, 6) is 0.846. The highest BCUT2D eigenvalue weighted by molar-refractivity contribution is 6.23. The second kappa shape index (κ2) is 13.5. The lowest BCUT2D eigenvalue weighted by molar-refractivity contribution is 0.635. The molecule has 0 radical (unpaired) electrons. The van der Waals surface area contributed by atoms with Crippen LogP contribution in [0.1, 0.15) is 18.4 Å². The van der Waals surface area contributed by atoms with Gasteiger partial charge in [0, 0.05) is 38.8 Å². The normalized spacial score (nSPS) is 15.3. The number of hydrogen-bond donors (Lipinski definition) is 0. The van der Waals surface area contributed by atoms with Crippen LogP contribution in [0.25, 0.3) is 88.4 Å². The summed E-state index contributed by atoms with van der Waals surface area (Å²) in [7, 11) is 0. The van der Waals surface area contributed by atoms with E-state index in [-0.39, 0.29) is 0 Å². The van der Waals surface area contributed by atoms with Crippen molar-refractivity contribution in [2.45, 2.75) is 12.8 Å². The van der Waals surface area contributed by atoms with Gasteiger partial charge >= 0.3 is 0 Å². The lowest BCUT2D eigenvalue weighted by Crippen LogP contribution is -2.07. The molecule has 0 fully saturated rings. The molecule has 57 heavy (non-hydrogen) atoms. The van der Waals surface area contributed by atoms with Gasteiger partial charge in [-0.25, -0.2) is 0 Å². The van der Waals surface area contributed by atoms with Crippen LogP contribution in [0.15, 0.2) is 212 Å². The summed E-state index contributed by atoms with van der Waals surface area (Å²) < 4.78 is 4.98. The van der Waals surface area contributed by atoms with Crippen molar-refractivity contribution in [3.8, 4) is 44.8 Å². The summed E-state index contributed by atoms with van der Waals surface area (Å²) in [6, 6.07) is 69.3. The number of fused-ring (bicyclic) bond motifs is 7. The summed E-state index contributed by atoms with van der Waals surface area (Å²) in [4.78, 5) is 0. The summed E-state index contributed by atoms with van der Waals surface area (Å²) in [6.45, 7) is 2.30. The van der Waals surface area contributed by atoms with E-state index in [4.69, 9.17) is 0 Å². The molecule has 1 aliphatic carbocycles. The topological polar surface area (TPSA) is 9.86 Å². The van der Waals surface area contributed by atoms with Crippen LogP contribution in [-0.2, 0) is 0 Å². The first-order valence-corrected chi connectivity index (χ1v) is 20.0. The molecule has 1 aliphatic rings. The van der Waals surface area contributed by atoms with Crippen molar-refractivity contribution >= 4 is 43.6 Å². The van der Waals surface area contributed by atoms with E-state index in [9.17, 15) is 0 Å². The zero-order chi connectivity index (χ0) is 37.9. The van der Waals surface area contributed by atoms with Gasteiger partial charge in [0.1, 0.15) is 0 Å². The third-order valence-electron chi connectivity index (χ3n) is 12.0. The molecular formula is C55H40N2. The van der Waals surface area contributed by atoms with Crippen LogP contribution in [0.5, 0.6) is 0 Å². The maximum absolute atomic E-state index is 2.52. The maximum atomic E-state index is 2.52. The predicted molar refractivity (Wildman–Crippen MR) is 242 cm³/mol. The minimum absolute atomic E-state index is 0.380. The Bertz CT molecular complexity index is 3160. The summed E-state index contributed by atoms with van der Waals surface area (Å²) in [5.41, 5.74) is 15.6. The van der Waals surface area contributed by atoms with Crippen LogP contribution in [-0.4, -0.2) is 9.13 Å². The Morgan fingerprint density at radius 1 is 0.351 bits per heavy atom. The van der Waals surface area contributed by atoms with Gasteiger partial charge in [0.15, 0.2) is 0 Å². The molecule has 0 spiro atoms. The number of aromatic nitrogens is 2. The molecular weight excluding hydrogens is 689 g/mol. The van der Waals surface area contributed by atoms with E-state index in [2.05, 4.69) is 228 Å². The van der Waals surface area contributed by atoms with Crippen molar-refractivity contribution in [1.82, 2.24) is 9.13 Å². The van der Waals surface area contributed by atoms with E-state index in [0.717, 1.165) is 11.4 Å². The number of para-hydroxylation sites is 3. The van der Waals surface area contributed by atoms with Crippen LogP contribution in [0.2, 0.25) is 0 Å². The van der Waals surface area contributed by atoms with Gasteiger partial charge in [-0.1, -0.05) is 177 Å². The average Bonchev–Trinajstić information content (AvgIpc) is 3.80. The van der Waals surface area contributed by atoms with Gasteiger partial charge in [0.2, 0.25) is 0 Å². The Morgan fingerprint density at radius 3 is 1.39 bits per heavy atom. The molecule has 0 amide bonds. The van der Waals surface area contributed by atoms with E-state index in [1.807, 2.05) is 0 Å². The quantitative estimate of drug-likeness (QED) is 0.161. The van der Waals surface area contributed by atoms with Crippen molar-refractivity contribution in [2.24, 2.45) is 5.92 Å². The third kappa shape index (κ3) is 5.56. The van der Waals surface area contributed by atoms with E-state index in [0.29, 0.717) is 11.8 Å². The molecule has 270 valence electrons. The van der Waals surface area contributed by atoms with Crippen molar-refractivity contribution in [3.05, 3.63) is 218 Å². The molecule has 2 nitrogen and oxygen atoms in total. The first-order chi connectivity index (χ1) is 28.2. The summed E-state index contributed by atoms with van der Waals surface area (Å²) >= 11 is 0. The van der Waals surface area contributed by atoms with Gasteiger partial charge in [-0.05, 0) is 87.3 Å².